The van der Waals surface area contributed by atoms with E-state index in [-0.39, 0.29) is 5.91 Å². The minimum Gasteiger partial charge on any atom is -0.339 e. The first kappa shape index (κ1) is 15.4. The predicted octanol–water partition coefficient (Wildman–Crippen LogP) is 2.05. The maximum absolute atomic E-state index is 12.4. The number of thiophene rings is 1. The fourth-order valence-electron chi connectivity index (χ4n) is 3.29. The molecule has 0 bridgehead atoms. The summed E-state index contributed by atoms with van der Waals surface area (Å²) in [7, 11) is 2.10. The van der Waals surface area contributed by atoms with Crippen molar-refractivity contribution in [3.8, 4) is 0 Å². The third kappa shape index (κ3) is 2.97. The third-order valence-corrected chi connectivity index (χ3v) is 6.83. The van der Waals surface area contributed by atoms with Crippen molar-refractivity contribution in [2.45, 2.75) is 24.3 Å². The number of fused-ring (bicyclic) bond motifs is 3. The van der Waals surface area contributed by atoms with Gasteiger partial charge in [-0.3, -0.25) is 4.79 Å². The Morgan fingerprint density at radius 3 is 2.91 bits per heavy atom. The summed E-state index contributed by atoms with van der Waals surface area (Å²) in [6, 6.07) is 0. The summed E-state index contributed by atoms with van der Waals surface area (Å²) < 4.78 is 0. The molecule has 1 aliphatic heterocycles. The number of carbonyl (C=O) groups excluding carboxylic acids is 1. The molecule has 1 fully saturated rings. The molecule has 1 saturated heterocycles. The molecule has 0 atom stereocenters. The van der Waals surface area contributed by atoms with Crippen LogP contribution in [0.4, 0.5) is 0 Å². The van der Waals surface area contributed by atoms with Gasteiger partial charge < -0.3 is 9.80 Å². The van der Waals surface area contributed by atoms with Gasteiger partial charge in [-0.15, -0.1) is 11.3 Å². The van der Waals surface area contributed by atoms with Crippen LogP contribution in [0.5, 0.6) is 0 Å². The summed E-state index contributed by atoms with van der Waals surface area (Å²) in [6.07, 6.45) is 5.16. The highest BCUT2D eigenvalue weighted by Crippen LogP contribution is 2.39. The van der Waals surface area contributed by atoms with Crippen LogP contribution in [0.2, 0.25) is 0 Å². The van der Waals surface area contributed by atoms with Crippen molar-refractivity contribution >= 4 is 39.2 Å². The summed E-state index contributed by atoms with van der Waals surface area (Å²) >= 11 is 3.37. The van der Waals surface area contributed by atoms with Crippen molar-refractivity contribution in [2.75, 3.05) is 39.0 Å². The van der Waals surface area contributed by atoms with E-state index < -0.39 is 0 Å². The highest BCUT2D eigenvalue weighted by molar-refractivity contribution is 8.00. The van der Waals surface area contributed by atoms with Crippen LogP contribution in [0.15, 0.2) is 11.4 Å². The van der Waals surface area contributed by atoms with Crippen LogP contribution in [0.25, 0.3) is 10.2 Å². The number of thioether (sulfide) groups is 1. The van der Waals surface area contributed by atoms with E-state index in [1.165, 1.54) is 28.7 Å². The molecule has 0 spiro atoms. The van der Waals surface area contributed by atoms with Gasteiger partial charge in [0, 0.05) is 36.4 Å². The zero-order chi connectivity index (χ0) is 15.8. The summed E-state index contributed by atoms with van der Waals surface area (Å²) in [5.41, 5.74) is 1.43. The molecule has 3 heterocycles. The highest BCUT2D eigenvalue weighted by Gasteiger charge is 2.23. The third-order valence-electron chi connectivity index (χ3n) is 4.65. The van der Waals surface area contributed by atoms with Gasteiger partial charge >= 0.3 is 0 Å². The maximum Gasteiger partial charge on any atom is 0.233 e. The molecule has 2 aliphatic rings. The Morgan fingerprint density at radius 2 is 2.09 bits per heavy atom. The molecule has 4 rings (SSSR count). The molecular formula is C16H20N4OS2. The van der Waals surface area contributed by atoms with Crippen LogP contribution >= 0.6 is 23.1 Å². The lowest BCUT2D eigenvalue weighted by atomic mass is 10.2. The Morgan fingerprint density at radius 1 is 1.26 bits per heavy atom. The number of likely N-dealkylation sites (N-methyl/N-ethyl adjacent to an activating group) is 1. The van der Waals surface area contributed by atoms with Gasteiger partial charge in [-0.05, 0) is 31.9 Å². The fourth-order valence-corrected chi connectivity index (χ4v) is 5.51. The monoisotopic (exact) mass is 348 g/mol. The summed E-state index contributed by atoms with van der Waals surface area (Å²) in [5.74, 6) is 0.696. The molecule has 0 aromatic carbocycles. The number of hydrogen-bond donors (Lipinski definition) is 0. The average molecular weight is 348 g/mol. The summed E-state index contributed by atoms with van der Waals surface area (Å²) in [4.78, 5) is 28.1. The van der Waals surface area contributed by atoms with Crippen LogP contribution in [0.1, 0.15) is 16.9 Å². The van der Waals surface area contributed by atoms with Gasteiger partial charge in [0.15, 0.2) is 0 Å². The first-order valence-corrected chi connectivity index (χ1v) is 9.87. The molecule has 0 unspecified atom stereocenters. The Kier molecular flexibility index (Phi) is 4.26. The number of hydrogen-bond acceptors (Lipinski definition) is 6. The smallest absolute Gasteiger partial charge is 0.233 e. The Hall–Kier alpha value is -1.18. The van der Waals surface area contributed by atoms with E-state index in [1.807, 2.05) is 4.90 Å². The number of aryl methyl sites for hydroxylation is 2. The lowest BCUT2D eigenvalue weighted by molar-refractivity contribution is -0.129. The normalized spacial score (nSPS) is 18.6. The molecular weight excluding hydrogens is 328 g/mol. The van der Waals surface area contributed by atoms with E-state index in [2.05, 4.69) is 21.9 Å². The van der Waals surface area contributed by atoms with Crippen molar-refractivity contribution < 1.29 is 4.79 Å². The molecule has 7 heteroatoms. The largest absolute Gasteiger partial charge is 0.339 e. The Labute approximate surface area is 144 Å². The van der Waals surface area contributed by atoms with Gasteiger partial charge in [0.05, 0.1) is 5.75 Å². The van der Waals surface area contributed by atoms with Gasteiger partial charge in [-0.1, -0.05) is 11.8 Å². The number of aromatic nitrogens is 2. The minimum absolute atomic E-state index is 0.224. The van der Waals surface area contributed by atoms with Crippen LogP contribution in [0.3, 0.4) is 0 Å². The number of rotatable bonds is 3. The SMILES string of the molecule is CN1CCN(C(=O)CSc2ncnc3sc4c(c23)CCC4)CC1. The average Bonchev–Trinajstić information content (AvgIpc) is 3.14. The molecule has 1 amide bonds. The molecule has 0 N–H and O–H groups in total. The summed E-state index contributed by atoms with van der Waals surface area (Å²) in [5, 5.41) is 2.19. The summed E-state index contributed by atoms with van der Waals surface area (Å²) in [6.45, 7) is 3.60. The van der Waals surface area contributed by atoms with E-state index in [9.17, 15) is 4.79 Å². The van der Waals surface area contributed by atoms with Gasteiger partial charge in [-0.2, -0.15) is 0 Å². The van der Waals surface area contributed by atoms with Gasteiger partial charge in [-0.25, -0.2) is 9.97 Å². The highest BCUT2D eigenvalue weighted by atomic mass is 32.2. The predicted molar refractivity (Wildman–Crippen MR) is 94.2 cm³/mol. The number of nitrogens with zero attached hydrogens (tertiary/aromatic N) is 4. The first-order valence-electron chi connectivity index (χ1n) is 8.07. The molecule has 0 saturated carbocycles. The topological polar surface area (TPSA) is 49.3 Å². The van der Waals surface area contributed by atoms with Gasteiger partial charge in [0.1, 0.15) is 16.2 Å². The van der Waals surface area contributed by atoms with Crippen molar-refractivity contribution in [3.63, 3.8) is 0 Å². The standard InChI is InChI=1S/C16H20N4OS2/c1-19-5-7-20(8-6-19)13(21)9-22-15-14-11-3-2-4-12(11)23-16(14)18-10-17-15/h10H,2-9H2,1H3. The van der Waals surface area contributed by atoms with Crippen molar-refractivity contribution in [1.29, 1.82) is 0 Å². The molecule has 0 radical (unpaired) electrons. The Bertz CT molecular complexity index is 737. The molecule has 2 aromatic rings. The molecule has 23 heavy (non-hydrogen) atoms. The molecule has 2 aromatic heterocycles. The first-order chi connectivity index (χ1) is 11.2. The van der Waals surface area contributed by atoms with Gasteiger partial charge in [0.2, 0.25) is 5.91 Å². The van der Waals surface area contributed by atoms with Crippen LogP contribution in [0, 0.1) is 0 Å². The molecule has 122 valence electrons. The van der Waals surface area contributed by atoms with Crippen LogP contribution in [-0.2, 0) is 17.6 Å². The van der Waals surface area contributed by atoms with Crippen molar-refractivity contribution in [3.05, 3.63) is 16.8 Å². The Balaban J connectivity index is 1.49. The zero-order valence-corrected chi connectivity index (χ0v) is 14.9. The lowest BCUT2D eigenvalue weighted by Gasteiger charge is -2.32. The minimum atomic E-state index is 0.224. The van der Waals surface area contributed by atoms with Crippen LogP contribution < -0.4 is 0 Å². The molecule has 5 nitrogen and oxygen atoms in total. The maximum atomic E-state index is 12.4. The number of piperazine rings is 1. The van der Waals surface area contributed by atoms with Gasteiger partial charge in [0.25, 0.3) is 0 Å². The van der Waals surface area contributed by atoms with Crippen LogP contribution in [-0.4, -0.2) is 64.7 Å². The number of carbonyl (C=O) groups is 1. The van der Waals surface area contributed by atoms with E-state index in [1.54, 1.807) is 29.4 Å². The van der Waals surface area contributed by atoms with Crippen molar-refractivity contribution in [1.82, 2.24) is 19.8 Å². The second-order valence-electron chi connectivity index (χ2n) is 6.19. The second kappa shape index (κ2) is 6.37. The van der Waals surface area contributed by atoms with E-state index in [0.717, 1.165) is 42.5 Å². The second-order valence-corrected chi connectivity index (χ2v) is 8.24. The quantitative estimate of drug-likeness (QED) is 0.628. The van der Waals surface area contributed by atoms with Crippen molar-refractivity contribution in [2.24, 2.45) is 0 Å². The van der Waals surface area contributed by atoms with E-state index in [4.69, 9.17) is 0 Å². The zero-order valence-electron chi connectivity index (χ0n) is 13.2. The number of amides is 1. The van der Waals surface area contributed by atoms with E-state index >= 15 is 0 Å². The fraction of sp³-hybridized carbons (Fsp3) is 0.562. The lowest BCUT2D eigenvalue weighted by Crippen LogP contribution is -2.47. The van der Waals surface area contributed by atoms with E-state index in [0.29, 0.717) is 5.75 Å². The molecule has 1 aliphatic carbocycles.